The van der Waals surface area contributed by atoms with E-state index in [2.05, 4.69) is 22.6 Å². The largest absolute Gasteiger partial charge is 0.296 e. The molecule has 5 heteroatoms. The second-order valence-electron chi connectivity index (χ2n) is 6.48. The van der Waals surface area contributed by atoms with Gasteiger partial charge in [0.15, 0.2) is 0 Å². The molecule has 2 aliphatic rings. The first-order chi connectivity index (χ1) is 10.1. The molecule has 1 aromatic rings. The van der Waals surface area contributed by atoms with E-state index in [1.165, 1.54) is 30.7 Å². The summed E-state index contributed by atoms with van der Waals surface area (Å²) in [6.07, 6.45) is 7.02. The SMILES string of the molecule is Cc1cc(SCCC2CCCC2(C#N)NC2CC2)n(C)n1. The van der Waals surface area contributed by atoms with Crippen molar-refractivity contribution < 1.29 is 0 Å². The van der Waals surface area contributed by atoms with Gasteiger partial charge in [0.05, 0.1) is 16.8 Å². The van der Waals surface area contributed by atoms with Crippen LogP contribution < -0.4 is 5.32 Å². The van der Waals surface area contributed by atoms with Crippen LogP contribution in [0.4, 0.5) is 0 Å². The molecule has 3 rings (SSSR count). The number of hydrogen-bond acceptors (Lipinski definition) is 4. The molecule has 4 nitrogen and oxygen atoms in total. The number of aromatic nitrogens is 2. The van der Waals surface area contributed by atoms with Crippen molar-refractivity contribution in [3.8, 4) is 6.07 Å². The van der Waals surface area contributed by atoms with E-state index in [9.17, 15) is 5.26 Å². The molecular formula is C16H24N4S. The number of aryl methyl sites for hydroxylation is 2. The van der Waals surface area contributed by atoms with Crippen molar-refractivity contribution in [2.75, 3.05) is 5.75 Å². The molecule has 2 atom stereocenters. The molecule has 21 heavy (non-hydrogen) atoms. The van der Waals surface area contributed by atoms with E-state index in [0.717, 1.165) is 24.3 Å². The van der Waals surface area contributed by atoms with Crippen molar-refractivity contribution in [2.24, 2.45) is 13.0 Å². The van der Waals surface area contributed by atoms with Gasteiger partial charge in [0.1, 0.15) is 5.54 Å². The number of thioether (sulfide) groups is 1. The third-order valence-electron chi connectivity index (χ3n) is 4.73. The Hall–Kier alpha value is -0.990. The zero-order valence-electron chi connectivity index (χ0n) is 12.9. The Morgan fingerprint density at radius 2 is 2.33 bits per heavy atom. The van der Waals surface area contributed by atoms with Crippen molar-refractivity contribution in [2.45, 2.75) is 62.1 Å². The average molecular weight is 304 g/mol. The van der Waals surface area contributed by atoms with Crippen LogP contribution >= 0.6 is 11.8 Å². The van der Waals surface area contributed by atoms with Gasteiger partial charge in [-0.2, -0.15) is 10.4 Å². The van der Waals surface area contributed by atoms with Crippen LogP contribution in [-0.2, 0) is 7.05 Å². The van der Waals surface area contributed by atoms with E-state index in [-0.39, 0.29) is 5.54 Å². The van der Waals surface area contributed by atoms with Crippen LogP contribution in [0.5, 0.6) is 0 Å². The highest BCUT2D eigenvalue weighted by Crippen LogP contribution is 2.41. The molecule has 1 aromatic heterocycles. The number of rotatable bonds is 6. The smallest absolute Gasteiger partial charge is 0.109 e. The Balaban J connectivity index is 1.56. The van der Waals surface area contributed by atoms with Gasteiger partial charge in [0.25, 0.3) is 0 Å². The highest BCUT2D eigenvalue weighted by atomic mass is 32.2. The Bertz CT molecular complexity index is 543. The minimum atomic E-state index is -0.246. The topological polar surface area (TPSA) is 53.6 Å². The van der Waals surface area contributed by atoms with Gasteiger partial charge in [-0.05, 0) is 56.8 Å². The summed E-state index contributed by atoms with van der Waals surface area (Å²) >= 11 is 1.86. The molecule has 1 heterocycles. The molecule has 0 saturated heterocycles. The van der Waals surface area contributed by atoms with Crippen molar-refractivity contribution in [1.29, 1.82) is 5.26 Å². The lowest BCUT2D eigenvalue weighted by Crippen LogP contribution is -2.48. The fourth-order valence-electron chi connectivity index (χ4n) is 3.46. The van der Waals surface area contributed by atoms with Crippen LogP contribution in [0.25, 0.3) is 0 Å². The van der Waals surface area contributed by atoms with Gasteiger partial charge in [-0.1, -0.05) is 6.42 Å². The van der Waals surface area contributed by atoms with Crippen LogP contribution in [0.2, 0.25) is 0 Å². The predicted molar refractivity (Wildman–Crippen MR) is 85.1 cm³/mol. The second-order valence-corrected chi connectivity index (χ2v) is 7.59. The lowest BCUT2D eigenvalue weighted by Gasteiger charge is -2.30. The Morgan fingerprint density at radius 1 is 1.52 bits per heavy atom. The fraction of sp³-hybridized carbons (Fsp3) is 0.750. The quantitative estimate of drug-likeness (QED) is 0.821. The van der Waals surface area contributed by atoms with Crippen LogP contribution in [0.15, 0.2) is 11.1 Å². The highest BCUT2D eigenvalue weighted by molar-refractivity contribution is 7.99. The standard InChI is InChI=1S/C16H24N4S/c1-12-10-15(20(2)19-12)21-9-7-13-4-3-8-16(13,11-17)18-14-5-6-14/h10,13-14,18H,3-9H2,1-2H3. The number of hydrogen-bond donors (Lipinski definition) is 1. The molecular weight excluding hydrogens is 280 g/mol. The molecule has 2 aliphatic carbocycles. The third-order valence-corrected chi connectivity index (χ3v) is 5.85. The Morgan fingerprint density at radius 3 is 2.95 bits per heavy atom. The van der Waals surface area contributed by atoms with Crippen molar-refractivity contribution in [1.82, 2.24) is 15.1 Å². The first-order valence-corrected chi connectivity index (χ1v) is 8.94. The lowest BCUT2D eigenvalue weighted by atomic mass is 9.86. The highest BCUT2D eigenvalue weighted by Gasteiger charge is 2.45. The van der Waals surface area contributed by atoms with Crippen LogP contribution in [-0.4, -0.2) is 27.1 Å². The summed E-state index contributed by atoms with van der Waals surface area (Å²) in [5.74, 6) is 1.57. The van der Waals surface area contributed by atoms with Crippen molar-refractivity contribution in [3.05, 3.63) is 11.8 Å². The van der Waals surface area contributed by atoms with E-state index in [0.29, 0.717) is 12.0 Å². The zero-order valence-corrected chi connectivity index (χ0v) is 13.7. The summed E-state index contributed by atoms with van der Waals surface area (Å²) in [5.41, 5.74) is 0.826. The lowest BCUT2D eigenvalue weighted by molar-refractivity contribution is 0.308. The minimum absolute atomic E-state index is 0.246. The molecule has 0 aliphatic heterocycles. The van der Waals surface area contributed by atoms with Gasteiger partial charge in [-0.25, -0.2) is 0 Å². The van der Waals surface area contributed by atoms with E-state index in [1.54, 1.807) is 0 Å². The summed E-state index contributed by atoms with van der Waals surface area (Å²) in [7, 11) is 2.00. The second kappa shape index (κ2) is 6.02. The molecule has 0 spiro atoms. The Labute approximate surface area is 131 Å². The molecule has 0 amide bonds. The summed E-state index contributed by atoms with van der Waals surface area (Å²) in [6.45, 7) is 2.03. The number of nitriles is 1. The van der Waals surface area contributed by atoms with Crippen molar-refractivity contribution in [3.63, 3.8) is 0 Å². The van der Waals surface area contributed by atoms with E-state index < -0.39 is 0 Å². The van der Waals surface area contributed by atoms with Gasteiger partial charge in [0.2, 0.25) is 0 Å². The predicted octanol–water partition coefficient (Wildman–Crippen LogP) is 3.03. The monoisotopic (exact) mass is 304 g/mol. The minimum Gasteiger partial charge on any atom is -0.296 e. The van der Waals surface area contributed by atoms with Gasteiger partial charge in [0, 0.05) is 13.1 Å². The molecule has 114 valence electrons. The summed E-state index contributed by atoms with van der Waals surface area (Å²) in [4.78, 5) is 0. The van der Waals surface area contributed by atoms with Gasteiger partial charge < -0.3 is 0 Å². The number of nitrogens with zero attached hydrogens (tertiary/aromatic N) is 3. The van der Waals surface area contributed by atoms with Gasteiger partial charge in [-0.15, -0.1) is 11.8 Å². The first-order valence-electron chi connectivity index (χ1n) is 7.95. The van der Waals surface area contributed by atoms with E-state index in [1.807, 2.05) is 30.4 Å². The van der Waals surface area contributed by atoms with Crippen LogP contribution in [0.3, 0.4) is 0 Å². The summed E-state index contributed by atoms with van der Waals surface area (Å²) < 4.78 is 1.95. The van der Waals surface area contributed by atoms with Gasteiger partial charge in [-0.3, -0.25) is 10.00 Å². The average Bonchev–Trinajstić information content (AvgIpc) is 3.08. The maximum Gasteiger partial charge on any atom is 0.109 e. The maximum absolute atomic E-state index is 9.69. The van der Waals surface area contributed by atoms with Crippen molar-refractivity contribution >= 4 is 11.8 Å². The van der Waals surface area contributed by atoms with E-state index >= 15 is 0 Å². The normalized spacial score (nSPS) is 28.7. The molecule has 0 bridgehead atoms. The molecule has 2 unspecified atom stereocenters. The van der Waals surface area contributed by atoms with E-state index in [4.69, 9.17) is 0 Å². The Kier molecular flexibility index (Phi) is 4.28. The summed E-state index contributed by atoms with van der Waals surface area (Å²) in [6, 6.07) is 5.37. The maximum atomic E-state index is 9.69. The zero-order chi connectivity index (χ0) is 14.9. The molecule has 0 aromatic carbocycles. The van der Waals surface area contributed by atoms with Gasteiger partial charge >= 0.3 is 0 Å². The molecule has 0 radical (unpaired) electrons. The first kappa shape index (κ1) is 14.9. The number of nitrogens with one attached hydrogen (secondary N) is 1. The fourth-order valence-corrected chi connectivity index (χ4v) is 4.55. The van der Waals surface area contributed by atoms with Crippen LogP contribution in [0.1, 0.15) is 44.2 Å². The van der Waals surface area contributed by atoms with Crippen LogP contribution in [0, 0.1) is 24.2 Å². The molecule has 2 saturated carbocycles. The third kappa shape index (κ3) is 3.27. The molecule has 1 N–H and O–H groups in total. The summed E-state index contributed by atoms with van der Waals surface area (Å²) in [5, 5.41) is 18.9. The molecule has 2 fully saturated rings.